The number of benzene rings is 1. The summed E-state index contributed by atoms with van der Waals surface area (Å²) in [5.74, 6) is 0.459. The fourth-order valence-electron chi connectivity index (χ4n) is 2.96. The lowest BCUT2D eigenvalue weighted by Gasteiger charge is -2.08. The Balaban J connectivity index is 1.82. The molecule has 1 amide bonds. The normalized spacial score (nSPS) is 12.7. The van der Waals surface area contributed by atoms with Crippen molar-refractivity contribution in [1.29, 1.82) is 0 Å². The smallest absolute Gasteiger partial charge is 0.341 e. The topological polar surface area (TPSA) is 55.4 Å². The van der Waals surface area contributed by atoms with E-state index in [9.17, 15) is 9.59 Å². The zero-order chi connectivity index (χ0) is 17.8. The van der Waals surface area contributed by atoms with Crippen molar-refractivity contribution < 1.29 is 14.3 Å². The molecular weight excluding hydrogens is 354 g/mol. The van der Waals surface area contributed by atoms with Crippen LogP contribution in [0.3, 0.4) is 0 Å². The second-order valence-electron chi connectivity index (χ2n) is 5.69. The Morgan fingerprint density at radius 2 is 1.96 bits per heavy atom. The summed E-state index contributed by atoms with van der Waals surface area (Å²) in [7, 11) is 0. The number of carbonyl (C=O) groups is 2. The quantitative estimate of drug-likeness (QED) is 0.583. The van der Waals surface area contributed by atoms with E-state index >= 15 is 0 Å². The van der Waals surface area contributed by atoms with Crippen molar-refractivity contribution in [1.82, 2.24) is 0 Å². The van der Waals surface area contributed by atoms with Crippen LogP contribution in [0.25, 0.3) is 0 Å². The van der Waals surface area contributed by atoms with Gasteiger partial charge in [0.25, 0.3) is 5.91 Å². The number of amides is 1. The third-order valence-electron chi connectivity index (χ3n) is 4.06. The molecular formula is C19H21NO3S2. The molecule has 0 atom stereocenters. The Bertz CT molecular complexity index is 781. The van der Waals surface area contributed by atoms with Crippen LogP contribution in [0.5, 0.6) is 0 Å². The average molecular weight is 376 g/mol. The van der Waals surface area contributed by atoms with Crippen molar-refractivity contribution in [2.45, 2.75) is 38.0 Å². The molecule has 25 heavy (non-hydrogen) atoms. The number of anilines is 1. The van der Waals surface area contributed by atoms with Gasteiger partial charge in [0.05, 0.1) is 12.2 Å². The number of nitrogens with one attached hydrogen (secondary N) is 1. The van der Waals surface area contributed by atoms with Gasteiger partial charge in [0.1, 0.15) is 5.00 Å². The molecule has 132 valence electrons. The first-order chi connectivity index (χ1) is 12.1. The van der Waals surface area contributed by atoms with Gasteiger partial charge in [0.15, 0.2) is 0 Å². The molecule has 1 aromatic carbocycles. The molecule has 6 heteroatoms. The minimum absolute atomic E-state index is 0.196. The predicted octanol–water partition coefficient (Wildman–Crippen LogP) is 4.78. The number of carbonyl (C=O) groups excluding carboxylic acids is 2. The SMILES string of the molecule is CCOC(=O)c1c(NC(=O)c2ccc(SCC)cc2)sc2c1CCC2. The summed E-state index contributed by atoms with van der Waals surface area (Å²) in [5, 5.41) is 3.53. The van der Waals surface area contributed by atoms with Gasteiger partial charge in [-0.05, 0) is 61.8 Å². The first kappa shape index (κ1) is 18.0. The Labute approximate surface area is 156 Å². The van der Waals surface area contributed by atoms with E-state index < -0.39 is 0 Å². The number of thiophene rings is 1. The van der Waals surface area contributed by atoms with E-state index in [2.05, 4.69) is 12.2 Å². The molecule has 3 rings (SSSR count). The van der Waals surface area contributed by atoms with Crippen LogP contribution < -0.4 is 5.32 Å². The van der Waals surface area contributed by atoms with Crippen molar-refractivity contribution in [3.63, 3.8) is 0 Å². The minimum atomic E-state index is -0.341. The number of hydrogen-bond donors (Lipinski definition) is 1. The van der Waals surface area contributed by atoms with E-state index in [1.807, 2.05) is 24.3 Å². The van der Waals surface area contributed by atoms with Crippen LogP contribution in [0.1, 0.15) is 51.4 Å². The molecule has 0 saturated heterocycles. The molecule has 1 heterocycles. The second-order valence-corrected chi connectivity index (χ2v) is 8.14. The maximum Gasteiger partial charge on any atom is 0.341 e. The average Bonchev–Trinajstić information content (AvgIpc) is 3.16. The fraction of sp³-hybridized carbons (Fsp3) is 0.368. The lowest BCUT2D eigenvalue weighted by Crippen LogP contribution is -2.15. The summed E-state index contributed by atoms with van der Waals surface area (Å²) in [6.45, 7) is 4.21. The van der Waals surface area contributed by atoms with Gasteiger partial charge in [-0.1, -0.05) is 6.92 Å². The molecule has 0 spiro atoms. The van der Waals surface area contributed by atoms with Crippen LogP contribution >= 0.6 is 23.1 Å². The molecule has 2 aromatic rings. The molecule has 0 fully saturated rings. The van der Waals surface area contributed by atoms with Crippen LogP contribution in [-0.2, 0) is 17.6 Å². The van der Waals surface area contributed by atoms with Crippen LogP contribution in [0, 0.1) is 0 Å². The van der Waals surface area contributed by atoms with Gasteiger partial charge in [-0.2, -0.15) is 0 Å². The number of hydrogen-bond acceptors (Lipinski definition) is 5. The van der Waals surface area contributed by atoms with Crippen molar-refractivity contribution in [2.24, 2.45) is 0 Å². The Hall–Kier alpha value is -1.79. The monoisotopic (exact) mass is 375 g/mol. The van der Waals surface area contributed by atoms with Crippen LogP contribution in [0.2, 0.25) is 0 Å². The first-order valence-electron chi connectivity index (χ1n) is 8.49. The highest BCUT2D eigenvalue weighted by Gasteiger charge is 2.28. The molecule has 1 N–H and O–H groups in total. The molecule has 0 radical (unpaired) electrons. The van der Waals surface area contributed by atoms with Gasteiger partial charge >= 0.3 is 5.97 Å². The highest BCUT2D eigenvalue weighted by molar-refractivity contribution is 7.99. The predicted molar refractivity (Wildman–Crippen MR) is 103 cm³/mol. The van der Waals surface area contributed by atoms with E-state index in [1.165, 1.54) is 16.2 Å². The lowest BCUT2D eigenvalue weighted by molar-refractivity contribution is 0.0527. The van der Waals surface area contributed by atoms with Crippen molar-refractivity contribution in [2.75, 3.05) is 17.7 Å². The van der Waals surface area contributed by atoms with Gasteiger partial charge in [-0.25, -0.2) is 4.79 Å². The van der Waals surface area contributed by atoms with E-state index in [-0.39, 0.29) is 11.9 Å². The van der Waals surface area contributed by atoms with E-state index in [1.54, 1.807) is 18.7 Å². The fourth-order valence-corrected chi connectivity index (χ4v) is 4.89. The number of thioether (sulfide) groups is 1. The van der Waals surface area contributed by atoms with Crippen LogP contribution in [0.4, 0.5) is 5.00 Å². The summed E-state index contributed by atoms with van der Waals surface area (Å²) in [4.78, 5) is 27.3. The number of rotatable bonds is 6. The first-order valence-corrected chi connectivity index (χ1v) is 10.3. The van der Waals surface area contributed by atoms with Crippen LogP contribution in [-0.4, -0.2) is 24.2 Å². The maximum atomic E-state index is 12.6. The van der Waals surface area contributed by atoms with Gasteiger partial charge in [0, 0.05) is 15.3 Å². The molecule has 0 unspecified atom stereocenters. The molecule has 1 aromatic heterocycles. The third kappa shape index (κ3) is 3.90. The number of aryl methyl sites for hydroxylation is 1. The van der Waals surface area contributed by atoms with Crippen molar-refractivity contribution >= 4 is 40.0 Å². The van der Waals surface area contributed by atoms with Gasteiger partial charge in [-0.15, -0.1) is 23.1 Å². The summed E-state index contributed by atoms with van der Waals surface area (Å²) < 4.78 is 5.20. The van der Waals surface area contributed by atoms with Gasteiger partial charge in [-0.3, -0.25) is 4.79 Å². The highest BCUT2D eigenvalue weighted by atomic mass is 32.2. The Kier molecular flexibility index (Phi) is 5.81. The molecule has 1 aliphatic rings. The molecule has 0 saturated carbocycles. The summed E-state index contributed by atoms with van der Waals surface area (Å²) in [6.07, 6.45) is 2.89. The Morgan fingerprint density at radius 1 is 1.20 bits per heavy atom. The zero-order valence-corrected chi connectivity index (χ0v) is 16.0. The minimum Gasteiger partial charge on any atom is -0.462 e. The summed E-state index contributed by atoms with van der Waals surface area (Å²) >= 11 is 3.24. The molecule has 4 nitrogen and oxygen atoms in total. The third-order valence-corrected chi connectivity index (χ3v) is 6.16. The van der Waals surface area contributed by atoms with Crippen molar-refractivity contribution in [3.8, 4) is 0 Å². The second kappa shape index (κ2) is 8.06. The van der Waals surface area contributed by atoms with Gasteiger partial charge < -0.3 is 10.1 Å². The Morgan fingerprint density at radius 3 is 2.64 bits per heavy atom. The summed E-state index contributed by atoms with van der Waals surface area (Å²) in [6, 6.07) is 7.53. The number of esters is 1. The maximum absolute atomic E-state index is 12.6. The van der Waals surface area contributed by atoms with Crippen molar-refractivity contribution in [3.05, 3.63) is 45.8 Å². The summed E-state index contributed by atoms with van der Waals surface area (Å²) in [5.41, 5.74) is 2.18. The van der Waals surface area contributed by atoms with Gasteiger partial charge in [0.2, 0.25) is 0 Å². The highest BCUT2D eigenvalue weighted by Crippen LogP contribution is 2.39. The number of ether oxygens (including phenoxy) is 1. The number of fused-ring (bicyclic) bond motifs is 1. The standard InChI is InChI=1S/C19H21NO3S2/c1-3-23-19(22)16-14-6-5-7-15(14)25-18(16)20-17(21)12-8-10-13(11-9-12)24-4-2/h8-11H,3-7H2,1-2H3,(H,20,21). The van der Waals surface area contributed by atoms with E-state index in [4.69, 9.17) is 4.74 Å². The van der Waals surface area contributed by atoms with E-state index in [0.717, 1.165) is 35.5 Å². The lowest BCUT2D eigenvalue weighted by atomic mass is 10.1. The zero-order valence-electron chi connectivity index (χ0n) is 14.4. The molecule has 0 bridgehead atoms. The largest absolute Gasteiger partial charge is 0.462 e. The molecule has 0 aliphatic heterocycles. The van der Waals surface area contributed by atoms with Crippen LogP contribution in [0.15, 0.2) is 29.2 Å². The van der Waals surface area contributed by atoms with E-state index in [0.29, 0.717) is 22.7 Å². The molecule has 1 aliphatic carbocycles.